The average molecular weight is 350 g/mol. The Kier molecular flexibility index (Phi) is 9.21. The van der Waals surface area contributed by atoms with E-state index >= 15 is 0 Å². The van der Waals surface area contributed by atoms with Gasteiger partial charge in [-0.2, -0.15) is 0 Å². The molecule has 0 aromatic heterocycles. The summed E-state index contributed by atoms with van der Waals surface area (Å²) in [6.45, 7) is 5.60. The van der Waals surface area contributed by atoms with Crippen LogP contribution in [0, 0.1) is 5.92 Å². The molecule has 4 N–H and O–H groups in total. The number of guanidine groups is 1. The zero-order valence-corrected chi connectivity index (χ0v) is 15.6. The van der Waals surface area contributed by atoms with Crippen molar-refractivity contribution in [1.82, 2.24) is 10.6 Å². The lowest BCUT2D eigenvalue weighted by atomic mass is 10.1. The van der Waals surface area contributed by atoms with Crippen molar-refractivity contribution in [3.63, 3.8) is 0 Å². The van der Waals surface area contributed by atoms with E-state index in [1.807, 2.05) is 32.0 Å². The third-order valence-electron chi connectivity index (χ3n) is 3.61. The number of nitrogens with two attached hydrogens (primary N) is 1. The van der Waals surface area contributed by atoms with Crippen LogP contribution in [0.4, 0.5) is 0 Å². The molecule has 0 aliphatic rings. The van der Waals surface area contributed by atoms with Crippen LogP contribution in [0.5, 0.6) is 11.5 Å². The van der Waals surface area contributed by atoms with E-state index in [0.717, 1.165) is 18.4 Å². The van der Waals surface area contributed by atoms with E-state index in [1.54, 1.807) is 14.2 Å². The minimum absolute atomic E-state index is 0.00631. The van der Waals surface area contributed by atoms with Crippen LogP contribution in [-0.2, 0) is 11.2 Å². The van der Waals surface area contributed by atoms with Crippen molar-refractivity contribution >= 4 is 11.9 Å². The molecule has 0 heterocycles. The third kappa shape index (κ3) is 7.78. The Labute approximate surface area is 150 Å². The molecule has 0 radical (unpaired) electrons. The Hall–Kier alpha value is -2.44. The minimum Gasteiger partial charge on any atom is -0.493 e. The molecule has 0 aliphatic carbocycles. The van der Waals surface area contributed by atoms with Crippen molar-refractivity contribution in [2.45, 2.75) is 26.7 Å². The van der Waals surface area contributed by atoms with Crippen LogP contribution in [0.3, 0.4) is 0 Å². The molecular formula is C18H30N4O3. The molecule has 1 rings (SSSR count). The van der Waals surface area contributed by atoms with E-state index in [1.165, 1.54) is 0 Å². The molecule has 7 heteroatoms. The van der Waals surface area contributed by atoms with Crippen LogP contribution in [-0.4, -0.2) is 45.7 Å². The Bertz CT molecular complexity index is 573. The van der Waals surface area contributed by atoms with E-state index in [4.69, 9.17) is 15.2 Å². The van der Waals surface area contributed by atoms with Crippen LogP contribution >= 0.6 is 0 Å². The van der Waals surface area contributed by atoms with Gasteiger partial charge in [-0.05, 0) is 30.5 Å². The van der Waals surface area contributed by atoms with Gasteiger partial charge >= 0.3 is 0 Å². The zero-order chi connectivity index (χ0) is 18.7. The Morgan fingerprint density at radius 3 is 2.52 bits per heavy atom. The number of amides is 1. The fraction of sp³-hybridized carbons (Fsp3) is 0.556. The predicted molar refractivity (Wildman–Crippen MR) is 100 cm³/mol. The number of carbonyl (C=O) groups excluding carboxylic acids is 1. The second-order valence-electron chi connectivity index (χ2n) is 5.93. The highest BCUT2D eigenvalue weighted by molar-refractivity contribution is 5.78. The molecule has 1 aromatic carbocycles. The van der Waals surface area contributed by atoms with Gasteiger partial charge in [0.2, 0.25) is 5.91 Å². The first-order valence-corrected chi connectivity index (χ1v) is 8.50. The van der Waals surface area contributed by atoms with Gasteiger partial charge in [-0.3, -0.25) is 9.79 Å². The topological polar surface area (TPSA) is 98.0 Å². The van der Waals surface area contributed by atoms with Crippen LogP contribution in [0.2, 0.25) is 0 Å². The molecular weight excluding hydrogens is 320 g/mol. The molecule has 0 atom stereocenters. The van der Waals surface area contributed by atoms with E-state index in [9.17, 15) is 4.79 Å². The van der Waals surface area contributed by atoms with Gasteiger partial charge in [0.1, 0.15) is 0 Å². The highest BCUT2D eigenvalue weighted by atomic mass is 16.5. The molecule has 0 spiro atoms. The molecule has 1 aromatic rings. The van der Waals surface area contributed by atoms with Gasteiger partial charge in [0, 0.05) is 25.6 Å². The summed E-state index contributed by atoms with van der Waals surface area (Å²) in [5.74, 6) is 1.91. The highest BCUT2D eigenvalue weighted by Gasteiger charge is 2.05. The smallest absolute Gasteiger partial charge is 0.222 e. The zero-order valence-electron chi connectivity index (χ0n) is 15.6. The first kappa shape index (κ1) is 20.6. The molecule has 25 heavy (non-hydrogen) atoms. The predicted octanol–water partition coefficient (Wildman–Crippen LogP) is 1.31. The molecule has 0 bridgehead atoms. The van der Waals surface area contributed by atoms with Crippen LogP contribution in [0.25, 0.3) is 0 Å². The third-order valence-corrected chi connectivity index (χ3v) is 3.61. The van der Waals surface area contributed by atoms with E-state index in [-0.39, 0.29) is 11.8 Å². The van der Waals surface area contributed by atoms with Crippen molar-refractivity contribution < 1.29 is 14.3 Å². The molecule has 0 saturated carbocycles. The van der Waals surface area contributed by atoms with Crippen LogP contribution in [0.1, 0.15) is 25.8 Å². The Balaban J connectivity index is 2.27. The number of methoxy groups -OCH3 is 2. The second kappa shape index (κ2) is 11.2. The molecule has 0 aliphatic heterocycles. The largest absolute Gasteiger partial charge is 0.493 e. The molecule has 140 valence electrons. The lowest BCUT2D eigenvalue weighted by Gasteiger charge is -2.10. The van der Waals surface area contributed by atoms with E-state index in [0.29, 0.717) is 37.1 Å². The number of nitrogens with one attached hydrogen (secondary N) is 2. The summed E-state index contributed by atoms with van der Waals surface area (Å²) in [7, 11) is 3.23. The first-order chi connectivity index (χ1) is 12.0. The van der Waals surface area contributed by atoms with E-state index in [2.05, 4.69) is 15.6 Å². The van der Waals surface area contributed by atoms with Gasteiger partial charge in [0.25, 0.3) is 0 Å². The van der Waals surface area contributed by atoms with Crippen molar-refractivity contribution in [3.05, 3.63) is 23.8 Å². The van der Waals surface area contributed by atoms with Gasteiger partial charge < -0.3 is 25.8 Å². The quantitative estimate of drug-likeness (QED) is 0.336. The number of ether oxygens (including phenoxy) is 2. The molecule has 0 saturated heterocycles. The summed E-state index contributed by atoms with van der Waals surface area (Å²) >= 11 is 0. The maximum Gasteiger partial charge on any atom is 0.222 e. The lowest BCUT2D eigenvalue weighted by Crippen LogP contribution is -2.33. The fourth-order valence-electron chi connectivity index (χ4n) is 2.12. The van der Waals surface area contributed by atoms with Gasteiger partial charge in [-0.25, -0.2) is 0 Å². The number of hydrogen-bond donors (Lipinski definition) is 3. The highest BCUT2D eigenvalue weighted by Crippen LogP contribution is 2.27. The number of nitrogens with zero attached hydrogens (tertiary/aromatic N) is 1. The van der Waals surface area contributed by atoms with Gasteiger partial charge in [-0.1, -0.05) is 19.9 Å². The standard InChI is InChI=1S/C18H30N4O3/c1-13(2)17(23)20-9-5-10-21-18(19)22-11-8-14-6-7-15(24-3)16(12-14)25-4/h6-7,12-13H,5,8-11H2,1-4H3,(H,20,23)(H3,19,21,22). The number of hydrogen-bond acceptors (Lipinski definition) is 4. The summed E-state index contributed by atoms with van der Waals surface area (Å²) in [4.78, 5) is 15.6. The van der Waals surface area contributed by atoms with E-state index < -0.39 is 0 Å². The number of rotatable bonds is 10. The Morgan fingerprint density at radius 1 is 1.16 bits per heavy atom. The summed E-state index contributed by atoms with van der Waals surface area (Å²) in [5, 5.41) is 5.93. The second-order valence-corrected chi connectivity index (χ2v) is 5.93. The van der Waals surface area contributed by atoms with Crippen molar-refractivity contribution in [2.75, 3.05) is 33.9 Å². The fourth-order valence-corrected chi connectivity index (χ4v) is 2.12. The van der Waals surface area contributed by atoms with Crippen molar-refractivity contribution in [2.24, 2.45) is 16.6 Å². The number of carbonyl (C=O) groups is 1. The normalized spacial score (nSPS) is 11.3. The number of aliphatic imine (C=N–C) groups is 1. The average Bonchev–Trinajstić information content (AvgIpc) is 2.60. The molecule has 0 fully saturated rings. The lowest BCUT2D eigenvalue weighted by molar-refractivity contribution is -0.123. The van der Waals surface area contributed by atoms with Crippen LogP contribution < -0.4 is 25.8 Å². The summed E-state index contributed by atoms with van der Waals surface area (Å²) < 4.78 is 10.5. The first-order valence-electron chi connectivity index (χ1n) is 8.50. The minimum atomic E-state index is 0.00631. The molecule has 0 unspecified atom stereocenters. The Morgan fingerprint density at radius 2 is 1.88 bits per heavy atom. The van der Waals surface area contributed by atoms with Crippen molar-refractivity contribution in [1.29, 1.82) is 0 Å². The summed E-state index contributed by atoms with van der Waals surface area (Å²) in [6, 6.07) is 5.83. The SMILES string of the molecule is COc1ccc(CCNC(N)=NCCCNC(=O)C(C)C)cc1OC. The van der Waals surface area contributed by atoms with Gasteiger partial charge in [0.15, 0.2) is 17.5 Å². The van der Waals surface area contributed by atoms with Crippen molar-refractivity contribution in [3.8, 4) is 11.5 Å². The monoisotopic (exact) mass is 350 g/mol. The number of benzene rings is 1. The van der Waals surface area contributed by atoms with Gasteiger partial charge in [0.05, 0.1) is 14.2 Å². The van der Waals surface area contributed by atoms with Gasteiger partial charge in [-0.15, -0.1) is 0 Å². The maximum absolute atomic E-state index is 11.4. The van der Waals surface area contributed by atoms with Crippen LogP contribution in [0.15, 0.2) is 23.2 Å². The summed E-state index contributed by atoms with van der Waals surface area (Å²) in [5.41, 5.74) is 6.96. The maximum atomic E-state index is 11.4. The summed E-state index contributed by atoms with van der Waals surface area (Å²) in [6.07, 6.45) is 1.55. The molecule has 1 amide bonds. The molecule has 7 nitrogen and oxygen atoms in total.